The summed E-state index contributed by atoms with van der Waals surface area (Å²) >= 11 is 0. The van der Waals surface area contributed by atoms with Crippen molar-refractivity contribution in [2.24, 2.45) is 0 Å². The third-order valence-electron chi connectivity index (χ3n) is 5.12. The minimum absolute atomic E-state index is 0.247. The highest BCUT2D eigenvalue weighted by atomic mass is 16.5. The first-order valence-corrected chi connectivity index (χ1v) is 9.41. The molecule has 0 bridgehead atoms. The van der Waals surface area contributed by atoms with Crippen LogP contribution in [0.1, 0.15) is 49.6 Å². The number of benzene rings is 1. The van der Waals surface area contributed by atoms with E-state index in [0.29, 0.717) is 12.5 Å². The summed E-state index contributed by atoms with van der Waals surface area (Å²) < 4.78 is 14.1. The van der Waals surface area contributed by atoms with Crippen LogP contribution in [0, 0.1) is 0 Å². The highest BCUT2D eigenvalue weighted by Gasteiger charge is 2.24. The average molecular weight is 341 g/mol. The van der Waals surface area contributed by atoms with Crippen molar-refractivity contribution < 1.29 is 9.47 Å². The molecule has 5 heteroatoms. The van der Waals surface area contributed by atoms with Crippen LogP contribution in [0.4, 0.5) is 0 Å². The van der Waals surface area contributed by atoms with E-state index in [2.05, 4.69) is 40.1 Å². The minimum atomic E-state index is 0.247. The molecule has 1 N–H and O–H groups in total. The van der Waals surface area contributed by atoms with E-state index in [1.807, 2.05) is 13.1 Å². The van der Waals surface area contributed by atoms with Crippen molar-refractivity contribution in [2.75, 3.05) is 13.2 Å². The third kappa shape index (κ3) is 3.38. The van der Waals surface area contributed by atoms with E-state index in [1.165, 1.54) is 29.8 Å². The highest BCUT2D eigenvalue weighted by molar-refractivity contribution is 5.49. The number of imidazole rings is 1. The molecule has 2 aliphatic heterocycles. The van der Waals surface area contributed by atoms with Crippen LogP contribution in [0.25, 0.3) is 0 Å². The molecule has 2 aliphatic rings. The number of nitrogens with one attached hydrogen (secondary N) is 1. The Morgan fingerprint density at radius 1 is 1.40 bits per heavy atom. The Morgan fingerprint density at radius 3 is 3.20 bits per heavy atom. The smallest absolute Gasteiger partial charge is 0.127 e. The molecular weight excluding hydrogens is 314 g/mol. The van der Waals surface area contributed by atoms with E-state index >= 15 is 0 Å². The number of rotatable bonds is 6. The lowest BCUT2D eigenvalue weighted by molar-refractivity contribution is 0.252. The standard InChI is InChI=1S/C20H27N3O2/c1-3-24-18-10-16-9-14(2)25-19(16)17(11-18)13-21-12-15-5-4-7-23-8-6-22-20(15)23/h6,8,10-11,14-15,21H,3-5,7,9,12-13H2,1-2H3/t14-,15+/m1/s1. The van der Waals surface area contributed by atoms with Crippen LogP contribution in [-0.4, -0.2) is 28.8 Å². The van der Waals surface area contributed by atoms with Crippen molar-refractivity contribution >= 4 is 0 Å². The summed E-state index contributed by atoms with van der Waals surface area (Å²) in [4.78, 5) is 4.55. The lowest BCUT2D eigenvalue weighted by Crippen LogP contribution is -2.26. The molecular formula is C20H27N3O2. The Kier molecular flexibility index (Phi) is 4.66. The van der Waals surface area contributed by atoms with Crippen LogP contribution in [-0.2, 0) is 19.5 Å². The Balaban J connectivity index is 1.45. The molecule has 0 amide bonds. The van der Waals surface area contributed by atoms with E-state index in [0.717, 1.165) is 37.6 Å². The largest absolute Gasteiger partial charge is 0.494 e. The topological polar surface area (TPSA) is 48.3 Å². The van der Waals surface area contributed by atoms with E-state index in [4.69, 9.17) is 9.47 Å². The van der Waals surface area contributed by atoms with Gasteiger partial charge >= 0.3 is 0 Å². The molecule has 0 fully saturated rings. The predicted octanol–water partition coefficient (Wildman–Crippen LogP) is 3.27. The normalized spacial score (nSPS) is 21.5. The van der Waals surface area contributed by atoms with E-state index in [1.54, 1.807) is 0 Å². The summed E-state index contributed by atoms with van der Waals surface area (Å²) in [6.07, 6.45) is 7.65. The Morgan fingerprint density at radius 2 is 2.32 bits per heavy atom. The lowest BCUT2D eigenvalue weighted by Gasteiger charge is -2.24. The summed E-state index contributed by atoms with van der Waals surface area (Å²) in [7, 11) is 0. The maximum atomic E-state index is 6.05. The number of aromatic nitrogens is 2. The van der Waals surface area contributed by atoms with Gasteiger partial charge in [0.1, 0.15) is 23.4 Å². The third-order valence-corrected chi connectivity index (χ3v) is 5.12. The van der Waals surface area contributed by atoms with Gasteiger partial charge in [0.2, 0.25) is 0 Å². The van der Waals surface area contributed by atoms with Crippen molar-refractivity contribution in [3.8, 4) is 11.5 Å². The molecule has 3 heterocycles. The molecule has 0 spiro atoms. The zero-order valence-corrected chi connectivity index (χ0v) is 15.1. The number of hydrogen-bond acceptors (Lipinski definition) is 4. The fraction of sp³-hybridized carbons (Fsp3) is 0.550. The summed E-state index contributed by atoms with van der Waals surface area (Å²) in [6.45, 7) is 7.68. The van der Waals surface area contributed by atoms with Crippen molar-refractivity contribution in [1.82, 2.24) is 14.9 Å². The first kappa shape index (κ1) is 16.5. The van der Waals surface area contributed by atoms with Crippen LogP contribution in [0.3, 0.4) is 0 Å². The zero-order valence-electron chi connectivity index (χ0n) is 15.1. The van der Waals surface area contributed by atoms with Gasteiger partial charge in [-0.25, -0.2) is 4.98 Å². The van der Waals surface area contributed by atoms with Gasteiger partial charge in [0.05, 0.1) is 6.61 Å². The van der Waals surface area contributed by atoms with Gasteiger partial charge in [0, 0.05) is 55.5 Å². The van der Waals surface area contributed by atoms with Crippen LogP contribution in [0.15, 0.2) is 24.5 Å². The van der Waals surface area contributed by atoms with E-state index in [-0.39, 0.29) is 6.10 Å². The molecule has 0 saturated heterocycles. The summed E-state index contributed by atoms with van der Waals surface area (Å²) in [5.41, 5.74) is 2.47. The number of nitrogens with zero attached hydrogens (tertiary/aromatic N) is 2. The highest BCUT2D eigenvalue weighted by Crippen LogP contribution is 2.36. The fourth-order valence-corrected chi connectivity index (χ4v) is 4.04. The Bertz CT molecular complexity index is 741. The second-order valence-electron chi connectivity index (χ2n) is 7.09. The van der Waals surface area contributed by atoms with Gasteiger partial charge in [0.15, 0.2) is 0 Å². The molecule has 2 aromatic rings. The van der Waals surface area contributed by atoms with Gasteiger partial charge in [-0.3, -0.25) is 0 Å². The van der Waals surface area contributed by atoms with Crippen molar-refractivity contribution in [3.63, 3.8) is 0 Å². The first-order valence-electron chi connectivity index (χ1n) is 9.41. The summed E-state index contributed by atoms with van der Waals surface area (Å²) in [5.74, 6) is 3.71. The molecule has 0 aliphatic carbocycles. The molecule has 1 aromatic heterocycles. The van der Waals surface area contributed by atoms with Gasteiger partial charge in [-0.2, -0.15) is 0 Å². The van der Waals surface area contributed by atoms with Crippen molar-refractivity contribution in [3.05, 3.63) is 41.5 Å². The lowest BCUT2D eigenvalue weighted by atomic mass is 9.98. The number of fused-ring (bicyclic) bond motifs is 2. The van der Waals surface area contributed by atoms with Gasteiger partial charge in [-0.05, 0) is 38.8 Å². The van der Waals surface area contributed by atoms with Gasteiger partial charge in [0.25, 0.3) is 0 Å². The molecule has 25 heavy (non-hydrogen) atoms. The predicted molar refractivity (Wildman–Crippen MR) is 97.3 cm³/mol. The number of hydrogen-bond donors (Lipinski definition) is 1. The molecule has 4 rings (SSSR count). The van der Waals surface area contributed by atoms with E-state index < -0.39 is 0 Å². The first-order chi connectivity index (χ1) is 12.2. The summed E-state index contributed by atoms with van der Waals surface area (Å²) in [6, 6.07) is 4.25. The maximum absolute atomic E-state index is 6.05. The van der Waals surface area contributed by atoms with Crippen LogP contribution < -0.4 is 14.8 Å². The number of ether oxygens (including phenoxy) is 2. The van der Waals surface area contributed by atoms with Gasteiger partial charge < -0.3 is 19.4 Å². The molecule has 2 atom stereocenters. The Hall–Kier alpha value is -2.01. The fourth-order valence-electron chi connectivity index (χ4n) is 4.04. The molecule has 134 valence electrons. The van der Waals surface area contributed by atoms with Crippen LogP contribution >= 0.6 is 0 Å². The molecule has 0 saturated carbocycles. The summed E-state index contributed by atoms with van der Waals surface area (Å²) in [5, 5.41) is 3.63. The van der Waals surface area contributed by atoms with E-state index in [9.17, 15) is 0 Å². The number of aryl methyl sites for hydroxylation is 1. The van der Waals surface area contributed by atoms with Gasteiger partial charge in [-0.1, -0.05) is 0 Å². The molecule has 0 radical (unpaired) electrons. The zero-order chi connectivity index (χ0) is 17.2. The van der Waals surface area contributed by atoms with Gasteiger partial charge in [-0.15, -0.1) is 0 Å². The average Bonchev–Trinajstić information content (AvgIpc) is 3.21. The SMILES string of the molecule is CCOc1cc(CNC[C@@H]2CCCn3ccnc32)c2c(c1)C[C@@H](C)O2. The Labute approximate surface area is 149 Å². The second kappa shape index (κ2) is 7.08. The monoisotopic (exact) mass is 341 g/mol. The second-order valence-corrected chi connectivity index (χ2v) is 7.09. The maximum Gasteiger partial charge on any atom is 0.127 e. The minimum Gasteiger partial charge on any atom is -0.494 e. The molecule has 5 nitrogen and oxygen atoms in total. The molecule has 1 aromatic carbocycles. The van der Waals surface area contributed by atoms with Crippen LogP contribution in [0.2, 0.25) is 0 Å². The van der Waals surface area contributed by atoms with Crippen molar-refractivity contribution in [2.45, 2.75) is 58.2 Å². The quantitative estimate of drug-likeness (QED) is 0.876. The van der Waals surface area contributed by atoms with Crippen LogP contribution in [0.5, 0.6) is 11.5 Å². The molecule has 0 unspecified atom stereocenters. The van der Waals surface area contributed by atoms with Crippen molar-refractivity contribution in [1.29, 1.82) is 0 Å².